The van der Waals surface area contributed by atoms with Crippen molar-refractivity contribution in [3.05, 3.63) is 70.9 Å². The number of alkyl halides is 2. The van der Waals surface area contributed by atoms with E-state index in [1.54, 1.807) is 36.4 Å². The van der Waals surface area contributed by atoms with Crippen LogP contribution in [0, 0.1) is 0 Å². The second kappa shape index (κ2) is 9.73. The molecule has 0 saturated carbocycles. The number of hydrogen-bond acceptors (Lipinski definition) is 5. The fourth-order valence-corrected chi connectivity index (χ4v) is 3.22. The van der Waals surface area contributed by atoms with E-state index in [1.807, 2.05) is 6.07 Å². The molecule has 10 heteroatoms. The van der Waals surface area contributed by atoms with Crippen LogP contribution in [0.15, 0.2) is 59.6 Å². The lowest BCUT2D eigenvalue weighted by molar-refractivity contribution is -0.115. The SMILES string of the molecule is NSc1cc(NC(=O)Cc2ccccc2Cl)ccc1COc1ccn(C(F)F)n1. The van der Waals surface area contributed by atoms with Gasteiger partial charge in [0.1, 0.15) is 6.61 Å². The van der Waals surface area contributed by atoms with Crippen LogP contribution in [0.4, 0.5) is 14.5 Å². The Morgan fingerprint density at radius 2 is 2.03 bits per heavy atom. The van der Waals surface area contributed by atoms with E-state index in [-0.39, 0.29) is 24.8 Å². The molecule has 2 aromatic carbocycles. The first kappa shape index (κ1) is 21.1. The number of nitrogens with zero attached hydrogens (tertiary/aromatic N) is 2. The number of amides is 1. The summed E-state index contributed by atoms with van der Waals surface area (Å²) in [7, 11) is 0. The average molecular weight is 439 g/mol. The van der Waals surface area contributed by atoms with E-state index >= 15 is 0 Å². The van der Waals surface area contributed by atoms with E-state index in [9.17, 15) is 13.6 Å². The van der Waals surface area contributed by atoms with E-state index in [2.05, 4.69) is 10.4 Å². The Labute approximate surface area is 175 Å². The van der Waals surface area contributed by atoms with Gasteiger partial charge in [-0.3, -0.25) is 9.93 Å². The number of benzene rings is 2. The summed E-state index contributed by atoms with van der Waals surface area (Å²) in [5.74, 6) is -0.136. The van der Waals surface area contributed by atoms with Crippen molar-refractivity contribution in [2.24, 2.45) is 5.14 Å². The van der Waals surface area contributed by atoms with Crippen LogP contribution >= 0.6 is 23.5 Å². The van der Waals surface area contributed by atoms with Gasteiger partial charge < -0.3 is 10.1 Å². The predicted octanol–water partition coefficient (Wildman–Crippen LogP) is 4.66. The zero-order valence-electron chi connectivity index (χ0n) is 15.0. The molecule has 1 heterocycles. The summed E-state index contributed by atoms with van der Waals surface area (Å²) in [6.45, 7) is -2.63. The monoisotopic (exact) mass is 438 g/mol. The number of aromatic nitrogens is 2. The van der Waals surface area contributed by atoms with Crippen molar-refractivity contribution in [3.8, 4) is 5.88 Å². The second-order valence-electron chi connectivity index (χ2n) is 5.96. The largest absolute Gasteiger partial charge is 0.472 e. The maximum Gasteiger partial charge on any atom is 0.333 e. The van der Waals surface area contributed by atoms with Gasteiger partial charge in [-0.05, 0) is 35.7 Å². The maximum atomic E-state index is 12.6. The van der Waals surface area contributed by atoms with E-state index in [0.717, 1.165) is 29.3 Å². The molecule has 0 radical (unpaired) electrons. The maximum absolute atomic E-state index is 12.6. The Morgan fingerprint density at radius 1 is 1.24 bits per heavy atom. The van der Waals surface area contributed by atoms with Crippen LogP contribution in [-0.4, -0.2) is 15.7 Å². The van der Waals surface area contributed by atoms with E-state index < -0.39 is 6.55 Å². The van der Waals surface area contributed by atoms with Crippen molar-refractivity contribution < 1.29 is 18.3 Å². The van der Waals surface area contributed by atoms with Crippen LogP contribution in [-0.2, 0) is 17.8 Å². The first-order valence-corrected chi connectivity index (χ1v) is 9.71. The summed E-state index contributed by atoms with van der Waals surface area (Å²) in [6.07, 6.45) is 1.28. The Kier molecular flexibility index (Phi) is 7.08. The molecule has 0 aliphatic rings. The Balaban J connectivity index is 1.63. The minimum atomic E-state index is -2.73. The lowest BCUT2D eigenvalue weighted by Crippen LogP contribution is -2.15. The molecule has 0 atom stereocenters. The molecule has 3 N–H and O–H groups in total. The smallest absolute Gasteiger partial charge is 0.333 e. The lowest BCUT2D eigenvalue weighted by atomic mass is 10.1. The summed E-state index contributed by atoms with van der Waals surface area (Å²) in [5, 5.41) is 12.7. The molecule has 1 aromatic heterocycles. The molecule has 0 fully saturated rings. The van der Waals surface area contributed by atoms with Crippen LogP contribution in [0.3, 0.4) is 0 Å². The molecule has 0 spiro atoms. The van der Waals surface area contributed by atoms with Gasteiger partial charge in [0.2, 0.25) is 11.8 Å². The van der Waals surface area contributed by atoms with Gasteiger partial charge in [-0.2, -0.15) is 8.78 Å². The average Bonchev–Trinajstić information content (AvgIpc) is 3.18. The minimum Gasteiger partial charge on any atom is -0.472 e. The van der Waals surface area contributed by atoms with Gasteiger partial charge in [-0.1, -0.05) is 35.9 Å². The van der Waals surface area contributed by atoms with Crippen molar-refractivity contribution >= 4 is 35.1 Å². The van der Waals surface area contributed by atoms with Crippen molar-refractivity contribution in [3.63, 3.8) is 0 Å². The van der Waals surface area contributed by atoms with Gasteiger partial charge in [0, 0.05) is 33.4 Å². The zero-order chi connectivity index (χ0) is 20.8. The molecule has 1 amide bonds. The number of ether oxygens (including phenoxy) is 1. The van der Waals surface area contributed by atoms with Gasteiger partial charge in [-0.25, -0.2) is 4.68 Å². The molecular formula is C19H17ClF2N4O2S. The topological polar surface area (TPSA) is 82.2 Å². The number of rotatable bonds is 8. The normalized spacial score (nSPS) is 10.9. The quantitative estimate of drug-likeness (QED) is 0.500. The molecule has 0 bridgehead atoms. The Bertz CT molecular complexity index is 1000. The summed E-state index contributed by atoms with van der Waals surface area (Å²) in [5.41, 5.74) is 2.03. The number of anilines is 1. The van der Waals surface area contributed by atoms with Crippen LogP contribution in [0.25, 0.3) is 0 Å². The molecular weight excluding hydrogens is 422 g/mol. The fraction of sp³-hybridized carbons (Fsp3) is 0.158. The van der Waals surface area contributed by atoms with Crippen LogP contribution in [0.2, 0.25) is 5.02 Å². The number of halogens is 3. The second-order valence-corrected chi connectivity index (χ2v) is 7.04. The lowest BCUT2D eigenvalue weighted by Gasteiger charge is -2.11. The van der Waals surface area contributed by atoms with Gasteiger partial charge in [-0.15, -0.1) is 5.10 Å². The standard InChI is InChI=1S/C19H17ClF2N4O2S/c20-15-4-2-1-3-12(15)9-17(27)24-14-6-5-13(16(10-14)29-23)11-28-18-7-8-26(25-18)19(21)22/h1-8,10,19H,9,11,23H2,(H,24,27). The third kappa shape index (κ3) is 5.69. The minimum absolute atomic E-state index is 0.0791. The van der Waals surface area contributed by atoms with E-state index in [4.69, 9.17) is 21.5 Å². The number of carbonyl (C=O) groups excluding carboxylic acids is 1. The summed E-state index contributed by atoms with van der Waals surface area (Å²) >= 11 is 7.07. The predicted molar refractivity (Wildman–Crippen MR) is 108 cm³/mol. The van der Waals surface area contributed by atoms with Crippen molar-refractivity contribution in [1.29, 1.82) is 0 Å². The molecule has 0 saturated heterocycles. The molecule has 0 aliphatic heterocycles. The summed E-state index contributed by atoms with van der Waals surface area (Å²) in [4.78, 5) is 13.0. The Morgan fingerprint density at radius 3 is 2.72 bits per heavy atom. The fourth-order valence-electron chi connectivity index (χ4n) is 2.54. The van der Waals surface area contributed by atoms with Crippen molar-refractivity contribution in [2.45, 2.75) is 24.5 Å². The molecule has 29 heavy (non-hydrogen) atoms. The molecule has 152 valence electrons. The van der Waals surface area contributed by atoms with Crippen molar-refractivity contribution in [2.75, 3.05) is 5.32 Å². The molecule has 3 aromatic rings. The third-order valence-corrected chi connectivity index (χ3v) is 4.95. The van der Waals surface area contributed by atoms with Crippen LogP contribution in [0.1, 0.15) is 17.7 Å². The van der Waals surface area contributed by atoms with Crippen LogP contribution in [0.5, 0.6) is 5.88 Å². The number of hydrogen-bond donors (Lipinski definition) is 2. The van der Waals surface area contributed by atoms with Crippen LogP contribution < -0.4 is 15.2 Å². The molecule has 6 nitrogen and oxygen atoms in total. The van der Waals surface area contributed by atoms with Crippen molar-refractivity contribution in [1.82, 2.24) is 9.78 Å². The molecule has 3 rings (SSSR count). The van der Waals surface area contributed by atoms with Gasteiger partial charge in [0.05, 0.1) is 6.42 Å². The van der Waals surface area contributed by atoms with Gasteiger partial charge >= 0.3 is 6.55 Å². The van der Waals surface area contributed by atoms with Gasteiger partial charge in [0.15, 0.2) is 0 Å². The molecule has 0 aliphatic carbocycles. The van der Waals surface area contributed by atoms with E-state index in [0.29, 0.717) is 20.3 Å². The summed E-state index contributed by atoms with van der Waals surface area (Å²) < 4.78 is 31.1. The Hall–Kier alpha value is -2.62. The van der Waals surface area contributed by atoms with E-state index in [1.165, 1.54) is 6.07 Å². The highest BCUT2D eigenvalue weighted by Crippen LogP contribution is 2.25. The molecule has 0 unspecified atom stereocenters. The first-order valence-electron chi connectivity index (χ1n) is 8.45. The highest BCUT2D eigenvalue weighted by molar-refractivity contribution is 7.97. The third-order valence-electron chi connectivity index (χ3n) is 3.95. The van der Waals surface area contributed by atoms with Gasteiger partial charge in [0.25, 0.3) is 0 Å². The number of nitrogens with two attached hydrogens (primary N) is 1. The summed E-state index contributed by atoms with van der Waals surface area (Å²) in [6, 6.07) is 13.6. The zero-order valence-corrected chi connectivity index (χ0v) is 16.6. The number of carbonyl (C=O) groups is 1. The first-order chi connectivity index (χ1) is 14.0. The highest BCUT2D eigenvalue weighted by atomic mass is 35.5. The number of nitrogens with one attached hydrogen (secondary N) is 1. The highest BCUT2D eigenvalue weighted by Gasteiger charge is 2.11.